The van der Waals surface area contributed by atoms with Crippen molar-refractivity contribution in [3.63, 3.8) is 0 Å². The van der Waals surface area contributed by atoms with Crippen LogP contribution in [-0.4, -0.2) is 64.3 Å². The van der Waals surface area contributed by atoms with E-state index in [1.807, 2.05) is 0 Å². The number of hydrogen-bond acceptors (Lipinski definition) is 7. The lowest BCUT2D eigenvalue weighted by molar-refractivity contribution is -0.245. The van der Waals surface area contributed by atoms with E-state index < -0.39 is 41.8 Å². The molecule has 2 aromatic carbocycles. The Morgan fingerprint density at radius 3 is 2.52 bits per heavy atom. The van der Waals surface area contributed by atoms with Crippen LogP contribution in [0, 0.1) is 5.82 Å². The van der Waals surface area contributed by atoms with Crippen LogP contribution in [0.1, 0.15) is 23.6 Å². The van der Waals surface area contributed by atoms with Crippen LogP contribution in [0.4, 0.5) is 4.39 Å². The van der Waals surface area contributed by atoms with Crippen LogP contribution in [-0.2, 0) is 16.1 Å². The topological polar surface area (TPSA) is 99.4 Å². The molecule has 1 heterocycles. The molecule has 0 bridgehead atoms. The van der Waals surface area contributed by atoms with E-state index in [2.05, 4.69) is 0 Å². The van der Waals surface area contributed by atoms with Gasteiger partial charge in [-0.25, -0.2) is 4.39 Å². The first-order valence-corrected chi connectivity index (χ1v) is 11.5. The molecule has 0 aromatic heterocycles. The van der Waals surface area contributed by atoms with Crippen molar-refractivity contribution in [1.29, 1.82) is 0 Å². The highest BCUT2D eigenvalue weighted by Gasteiger charge is 2.54. The number of thioether (sulfide) groups is 1. The molecule has 1 saturated heterocycles. The van der Waals surface area contributed by atoms with Gasteiger partial charge in [0.05, 0.1) is 13.2 Å². The molecule has 1 aliphatic rings. The Labute approximate surface area is 189 Å². The quantitative estimate of drug-likeness (QED) is 0.491. The minimum absolute atomic E-state index is 0.175. The largest absolute Gasteiger partial charge is 0.491 e. The van der Waals surface area contributed by atoms with Crippen LogP contribution in [0.5, 0.6) is 5.75 Å². The summed E-state index contributed by atoms with van der Waals surface area (Å²) >= 11 is 7.52. The van der Waals surface area contributed by atoms with Gasteiger partial charge in [0.25, 0.3) is 0 Å². The van der Waals surface area contributed by atoms with Gasteiger partial charge in [0.1, 0.15) is 24.4 Å². The average molecular weight is 473 g/mol. The maximum absolute atomic E-state index is 14.2. The van der Waals surface area contributed by atoms with Crippen LogP contribution in [0.3, 0.4) is 0 Å². The third kappa shape index (κ3) is 4.71. The first kappa shape index (κ1) is 24.3. The molecule has 9 heteroatoms. The Kier molecular flexibility index (Phi) is 7.86. The number of hydrogen-bond donors (Lipinski definition) is 4. The van der Waals surface area contributed by atoms with Gasteiger partial charge in [-0.15, -0.1) is 11.8 Å². The van der Waals surface area contributed by atoms with Crippen molar-refractivity contribution in [1.82, 2.24) is 0 Å². The molecule has 0 spiro atoms. The normalized spacial score (nSPS) is 28.5. The molecule has 3 rings (SSSR count). The maximum Gasteiger partial charge on any atom is 0.168 e. The summed E-state index contributed by atoms with van der Waals surface area (Å²) in [5.74, 6) is -0.296. The standard InChI is InChI=1S/C22H26ClFO6S/c1-3-29-17-7-4-12(9-16(17)24)8-13-10-14(5-6-15(13)23)22(31-2)21(28)20(27)19(26)18(11-25)30-22/h4-7,9-10,18-21,25-28H,3,8,11H2,1-2H3/t18?,19-,20?,21-,22-/m1/s1. The summed E-state index contributed by atoms with van der Waals surface area (Å²) in [5.41, 5.74) is 1.84. The minimum atomic E-state index is -1.52. The summed E-state index contributed by atoms with van der Waals surface area (Å²) in [4.78, 5) is -1.44. The molecule has 0 saturated carbocycles. The summed E-state index contributed by atoms with van der Waals surface area (Å²) in [5, 5.41) is 41.2. The van der Waals surface area contributed by atoms with Gasteiger partial charge in [0.15, 0.2) is 16.5 Å². The number of benzene rings is 2. The van der Waals surface area contributed by atoms with Crippen molar-refractivity contribution in [2.45, 2.75) is 42.7 Å². The monoisotopic (exact) mass is 472 g/mol. The molecule has 4 N–H and O–H groups in total. The Balaban J connectivity index is 1.96. The van der Waals surface area contributed by atoms with E-state index in [1.165, 1.54) is 6.07 Å². The molecule has 0 radical (unpaired) electrons. The summed E-state index contributed by atoms with van der Waals surface area (Å²) in [7, 11) is 0. The molecule has 0 aliphatic carbocycles. The van der Waals surface area contributed by atoms with Crippen molar-refractivity contribution in [3.8, 4) is 5.75 Å². The van der Waals surface area contributed by atoms with Crippen molar-refractivity contribution in [2.75, 3.05) is 19.5 Å². The summed E-state index contributed by atoms with van der Waals surface area (Å²) in [6.07, 6.45) is -3.48. The second kappa shape index (κ2) is 10.0. The van der Waals surface area contributed by atoms with E-state index in [-0.39, 0.29) is 5.75 Å². The van der Waals surface area contributed by atoms with Gasteiger partial charge < -0.3 is 29.9 Å². The molecule has 170 valence electrons. The Morgan fingerprint density at radius 1 is 1.16 bits per heavy atom. The molecule has 1 aliphatic heterocycles. The molecule has 5 atom stereocenters. The van der Waals surface area contributed by atoms with Crippen molar-refractivity contribution < 1.29 is 34.3 Å². The molecule has 1 fully saturated rings. The Hall–Kier alpha value is -1.39. The van der Waals surface area contributed by atoms with Gasteiger partial charge in [-0.2, -0.15) is 0 Å². The fraction of sp³-hybridized carbons (Fsp3) is 0.455. The van der Waals surface area contributed by atoms with Gasteiger partial charge in [-0.1, -0.05) is 29.8 Å². The highest BCUT2D eigenvalue weighted by molar-refractivity contribution is 7.99. The maximum atomic E-state index is 14.2. The molecule has 31 heavy (non-hydrogen) atoms. The van der Waals surface area contributed by atoms with Crippen molar-refractivity contribution in [3.05, 3.63) is 63.9 Å². The molecular formula is C22H26ClFO6S. The Morgan fingerprint density at radius 2 is 1.90 bits per heavy atom. The van der Waals surface area contributed by atoms with E-state index in [1.54, 1.807) is 43.5 Å². The first-order chi connectivity index (χ1) is 14.8. The van der Waals surface area contributed by atoms with E-state index in [0.717, 1.165) is 11.8 Å². The molecule has 0 amide bonds. The van der Waals surface area contributed by atoms with Crippen LogP contribution in [0.25, 0.3) is 0 Å². The Bertz CT molecular complexity index is 914. The lowest BCUT2D eigenvalue weighted by atomic mass is 9.89. The van der Waals surface area contributed by atoms with Gasteiger partial charge >= 0.3 is 0 Å². The molecular weight excluding hydrogens is 447 g/mol. The van der Waals surface area contributed by atoms with E-state index in [4.69, 9.17) is 21.1 Å². The number of halogens is 2. The van der Waals surface area contributed by atoms with Crippen LogP contribution in [0.2, 0.25) is 5.02 Å². The van der Waals surface area contributed by atoms with E-state index in [9.17, 15) is 24.8 Å². The van der Waals surface area contributed by atoms with Gasteiger partial charge in [0, 0.05) is 5.02 Å². The van der Waals surface area contributed by atoms with Crippen LogP contribution < -0.4 is 4.74 Å². The molecule has 2 aromatic rings. The highest BCUT2D eigenvalue weighted by Crippen LogP contribution is 2.46. The minimum Gasteiger partial charge on any atom is -0.491 e. The van der Waals surface area contributed by atoms with Crippen LogP contribution >= 0.6 is 23.4 Å². The summed E-state index contributed by atoms with van der Waals surface area (Å²) < 4.78 is 25.4. The SMILES string of the molecule is CCOc1ccc(Cc2cc([C@]3(SC)OC(CO)[C@@H](O)C(O)[C@H]3O)ccc2Cl)cc1F. The number of aliphatic hydroxyl groups excluding tert-OH is 4. The number of ether oxygens (including phenoxy) is 2. The highest BCUT2D eigenvalue weighted by atomic mass is 35.5. The zero-order chi connectivity index (χ0) is 22.8. The second-order valence-electron chi connectivity index (χ2n) is 7.32. The van der Waals surface area contributed by atoms with E-state index >= 15 is 0 Å². The molecule has 6 nitrogen and oxygen atoms in total. The van der Waals surface area contributed by atoms with E-state index in [0.29, 0.717) is 34.7 Å². The number of rotatable bonds is 7. The van der Waals surface area contributed by atoms with Crippen LogP contribution in [0.15, 0.2) is 36.4 Å². The smallest absolute Gasteiger partial charge is 0.168 e. The zero-order valence-electron chi connectivity index (χ0n) is 17.2. The first-order valence-electron chi connectivity index (χ1n) is 9.85. The lowest BCUT2D eigenvalue weighted by Gasteiger charge is -2.48. The van der Waals surface area contributed by atoms with Gasteiger partial charge in [-0.3, -0.25) is 0 Å². The summed E-state index contributed by atoms with van der Waals surface area (Å²) in [6.45, 7) is 1.61. The number of aliphatic hydroxyl groups is 4. The van der Waals surface area contributed by atoms with Gasteiger partial charge in [-0.05, 0) is 54.5 Å². The predicted octanol–water partition coefficient (Wildman–Crippen LogP) is 2.46. The third-order valence-corrected chi connectivity index (χ3v) is 6.94. The third-order valence-electron chi connectivity index (χ3n) is 5.39. The predicted molar refractivity (Wildman–Crippen MR) is 117 cm³/mol. The van der Waals surface area contributed by atoms with Crippen molar-refractivity contribution >= 4 is 23.4 Å². The van der Waals surface area contributed by atoms with Crippen molar-refractivity contribution in [2.24, 2.45) is 0 Å². The fourth-order valence-electron chi connectivity index (χ4n) is 3.74. The summed E-state index contributed by atoms with van der Waals surface area (Å²) in [6, 6.07) is 9.70. The fourth-order valence-corrected chi connectivity index (χ4v) is 4.89. The van der Waals surface area contributed by atoms with Gasteiger partial charge in [0.2, 0.25) is 0 Å². The average Bonchev–Trinajstić information content (AvgIpc) is 2.76. The zero-order valence-corrected chi connectivity index (χ0v) is 18.7. The molecule has 2 unspecified atom stereocenters. The lowest BCUT2D eigenvalue weighted by Crippen LogP contribution is -2.62. The second-order valence-corrected chi connectivity index (χ2v) is 8.74.